The maximum Gasteiger partial charge on any atom is 0.176 e. The molecule has 0 fully saturated rings. The molecule has 2 aromatic rings. The first-order chi connectivity index (χ1) is 9.04. The van der Waals surface area contributed by atoms with Gasteiger partial charge in [0.1, 0.15) is 5.82 Å². The molecular weight excluding hydrogens is 301 g/mol. The molecule has 3 nitrogen and oxygen atoms in total. The van der Waals surface area contributed by atoms with Crippen molar-refractivity contribution in [3.63, 3.8) is 0 Å². The average molecular weight is 312 g/mol. The minimum absolute atomic E-state index is 0.431. The summed E-state index contributed by atoms with van der Waals surface area (Å²) in [6, 6.07) is 8.97. The Morgan fingerprint density at radius 3 is 2.47 bits per heavy atom. The SMILES string of the molecule is Cc1cccnc1NC(=S)Nc1cc(Cl)cc(Cl)c1. The summed E-state index contributed by atoms with van der Waals surface area (Å²) >= 11 is 17.1. The summed E-state index contributed by atoms with van der Waals surface area (Å²) in [7, 11) is 0. The zero-order valence-electron chi connectivity index (χ0n) is 10.1. The van der Waals surface area contributed by atoms with Gasteiger partial charge in [-0.1, -0.05) is 29.3 Å². The second kappa shape index (κ2) is 6.19. The molecule has 0 saturated carbocycles. The molecule has 0 unspecified atom stereocenters. The molecule has 0 aliphatic carbocycles. The molecule has 0 radical (unpaired) electrons. The zero-order valence-corrected chi connectivity index (χ0v) is 12.4. The Balaban J connectivity index is 2.07. The van der Waals surface area contributed by atoms with Crippen LogP contribution in [0.3, 0.4) is 0 Å². The number of aryl methyl sites for hydroxylation is 1. The Kier molecular flexibility index (Phi) is 4.58. The highest BCUT2D eigenvalue weighted by atomic mass is 35.5. The monoisotopic (exact) mass is 311 g/mol. The van der Waals surface area contributed by atoms with Gasteiger partial charge < -0.3 is 10.6 Å². The Morgan fingerprint density at radius 2 is 1.84 bits per heavy atom. The normalized spacial score (nSPS) is 10.1. The van der Waals surface area contributed by atoms with Crippen LogP contribution in [0.1, 0.15) is 5.56 Å². The van der Waals surface area contributed by atoms with Gasteiger partial charge in [0, 0.05) is 21.9 Å². The lowest BCUT2D eigenvalue weighted by Gasteiger charge is -2.11. The van der Waals surface area contributed by atoms with Crippen LogP contribution in [0.5, 0.6) is 0 Å². The van der Waals surface area contributed by atoms with Crippen LogP contribution in [0.25, 0.3) is 0 Å². The molecule has 1 aromatic carbocycles. The Morgan fingerprint density at radius 1 is 1.16 bits per heavy atom. The number of thiocarbonyl (C=S) groups is 1. The maximum atomic E-state index is 5.92. The Bertz CT molecular complexity index is 596. The number of rotatable bonds is 2. The van der Waals surface area contributed by atoms with E-state index >= 15 is 0 Å². The highest BCUT2D eigenvalue weighted by Crippen LogP contribution is 2.22. The number of nitrogens with one attached hydrogen (secondary N) is 2. The quantitative estimate of drug-likeness (QED) is 0.800. The molecule has 0 bridgehead atoms. The second-order valence-corrected chi connectivity index (χ2v) is 5.19. The molecule has 2 N–H and O–H groups in total. The van der Waals surface area contributed by atoms with Crippen molar-refractivity contribution in [2.45, 2.75) is 6.92 Å². The van der Waals surface area contributed by atoms with E-state index in [2.05, 4.69) is 15.6 Å². The molecule has 0 spiro atoms. The van der Waals surface area contributed by atoms with Crippen LogP contribution in [0.2, 0.25) is 10.0 Å². The van der Waals surface area contributed by atoms with Crippen molar-refractivity contribution < 1.29 is 0 Å². The van der Waals surface area contributed by atoms with Crippen molar-refractivity contribution in [2.75, 3.05) is 10.6 Å². The zero-order chi connectivity index (χ0) is 13.8. The van der Waals surface area contributed by atoms with E-state index in [1.165, 1.54) is 0 Å². The average Bonchev–Trinajstić information content (AvgIpc) is 2.30. The summed E-state index contributed by atoms with van der Waals surface area (Å²) in [5, 5.41) is 7.56. The summed E-state index contributed by atoms with van der Waals surface area (Å²) in [6.45, 7) is 1.95. The van der Waals surface area contributed by atoms with Crippen molar-refractivity contribution >= 4 is 52.0 Å². The van der Waals surface area contributed by atoms with E-state index in [0.29, 0.717) is 21.0 Å². The van der Waals surface area contributed by atoms with Crippen molar-refractivity contribution in [1.82, 2.24) is 4.98 Å². The van der Waals surface area contributed by atoms with E-state index in [-0.39, 0.29) is 0 Å². The lowest BCUT2D eigenvalue weighted by molar-refractivity contribution is 1.27. The molecule has 0 amide bonds. The van der Waals surface area contributed by atoms with Gasteiger partial charge in [-0.25, -0.2) is 4.98 Å². The number of benzene rings is 1. The van der Waals surface area contributed by atoms with Crippen LogP contribution < -0.4 is 10.6 Å². The molecule has 98 valence electrons. The fourth-order valence-corrected chi connectivity index (χ4v) is 2.25. The predicted molar refractivity (Wildman–Crippen MR) is 85.3 cm³/mol. The number of pyridine rings is 1. The number of halogens is 2. The number of nitrogens with zero attached hydrogens (tertiary/aromatic N) is 1. The van der Waals surface area contributed by atoms with Crippen LogP contribution in [0, 0.1) is 6.92 Å². The first kappa shape index (κ1) is 14.1. The van der Waals surface area contributed by atoms with Crippen molar-refractivity contribution in [3.8, 4) is 0 Å². The minimum Gasteiger partial charge on any atom is -0.332 e. The van der Waals surface area contributed by atoms with E-state index in [0.717, 1.165) is 11.3 Å². The largest absolute Gasteiger partial charge is 0.332 e. The first-order valence-electron chi connectivity index (χ1n) is 5.50. The lowest BCUT2D eigenvalue weighted by atomic mass is 10.3. The standard InChI is InChI=1S/C13H11Cl2N3S/c1-8-3-2-4-16-12(8)18-13(19)17-11-6-9(14)5-10(15)7-11/h2-7H,1H3,(H2,16,17,18,19). The Hall–Kier alpha value is -1.36. The molecule has 0 aliphatic rings. The Labute approximate surface area is 127 Å². The van der Waals surface area contributed by atoms with Gasteiger partial charge in [0.25, 0.3) is 0 Å². The first-order valence-corrected chi connectivity index (χ1v) is 6.67. The topological polar surface area (TPSA) is 37.0 Å². The van der Waals surface area contributed by atoms with Gasteiger partial charge >= 0.3 is 0 Å². The molecule has 2 rings (SSSR count). The summed E-state index contributed by atoms with van der Waals surface area (Å²) in [5.41, 5.74) is 1.74. The van der Waals surface area contributed by atoms with E-state index in [4.69, 9.17) is 35.4 Å². The number of aromatic nitrogens is 1. The molecule has 0 aliphatic heterocycles. The molecular formula is C13H11Cl2N3S. The van der Waals surface area contributed by atoms with Gasteiger partial charge in [-0.15, -0.1) is 0 Å². The van der Waals surface area contributed by atoms with E-state index in [9.17, 15) is 0 Å². The fourth-order valence-electron chi connectivity index (χ4n) is 1.51. The number of anilines is 2. The van der Waals surface area contributed by atoms with E-state index < -0.39 is 0 Å². The molecule has 6 heteroatoms. The molecule has 0 atom stereocenters. The third kappa shape index (κ3) is 4.06. The van der Waals surface area contributed by atoms with Gasteiger partial charge in [-0.05, 0) is 49.0 Å². The maximum absolute atomic E-state index is 5.92. The summed E-state index contributed by atoms with van der Waals surface area (Å²) in [6.07, 6.45) is 1.70. The third-order valence-corrected chi connectivity index (χ3v) is 3.00. The molecule has 19 heavy (non-hydrogen) atoms. The molecule has 1 heterocycles. The van der Waals surface area contributed by atoms with Crippen LogP contribution >= 0.6 is 35.4 Å². The van der Waals surface area contributed by atoms with Gasteiger partial charge in [-0.2, -0.15) is 0 Å². The summed E-state index contributed by atoms with van der Waals surface area (Å²) in [5.74, 6) is 0.716. The summed E-state index contributed by atoms with van der Waals surface area (Å²) in [4.78, 5) is 4.20. The van der Waals surface area contributed by atoms with Crippen molar-refractivity contribution in [1.29, 1.82) is 0 Å². The minimum atomic E-state index is 0.431. The van der Waals surface area contributed by atoms with Crippen molar-refractivity contribution in [3.05, 3.63) is 52.1 Å². The van der Waals surface area contributed by atoms with Gasteiger partial charge in [-0.3, -0.25) is 0 Å². The fraction of sp³-hybridized carbons (Fsp3) is 0.0769. The van der Waals surface area contributed by atoms with Crippen molar-refractivity contribution in [2.24, 2.45) is 0 Å². The second-order valence-electron chi connectivity index (χ2n) is 3.91. The van der Waals surface area contributed by atoms with Crippen LogP contribution in [-0.4, -0.2) is 10.1 Å². The highest BCUT2D eigenvalue weighted by molar-refractivity contribution is 7.80. The van der Waals surface area contributed by atoms with E-state index in [1.54, 1.807) is 24.4 Å². The summed E-state index contributed by atoms with van der Waals surface area (Å²) < 4.78 is 0. The highest BCUT2D eigenvalue weighted by Gasteiger charge is 2.04. The third-order valence-electron chi connectivity index (χ3n) is 2.36. The number of hydrogen-bond acceptors (Lipinski definition) is 2. The van der Waals surface area contributed by atoms with E-state index in [1.807, 2.05) is 19.1 Å². The van der Waals surface area contributed by atoms with Gasteiger partial charge in [0.2, 0.25) is 0 Å². The van der Waals surface area contributed by atoms with Gasteiger partial charge in [0.15, 0.2) is 5.11 Å². The molecule has 1 aromatic heterocycles. The molecule has 0 saturated heterocycles. The smallest absolute Gasteiger partial charge is 0.176 e. The predicted octanol–water partition coefficient (Wildman–Crippen LogP) is 4.51. The van der Waals surface area contributed by atoms with Crippen LogP contribution in [0.4, 0.5) is 11.5 Å². The number of hydrogen-bond donors (Lipinski definition) is 2. The van der Waals surface area contributed by atoms with Crippen LogP contribution in [0.15, 0.2) is 36.5 Å². The van der Waals surface area contributed by atoms with Gasteiger partial charge in [0.05, 0.1) is 0 Å². The van der Waals surface area contributed by atoms with Crippen LogP contribution in [-0.2, 0) is 0 Å². The lowest BCUT2D eigenvalue weighted by Crippen LogP contribution is -2.20.